The molecule has 2 atom stereocenters. The van der Waals surface area contributed by atoms with Gasteiger partial charge in [-0.05, 0) is 61.1 Å². The van der Waals surface area contributed by atoms with Gasteiger partial charge in [-0.1, -0.05) is 29.3 Å². The summed E-state index contributed by atoms with van der Waals surface area (Å²) in [4.78, 5) is 6.68. The van der Waals surface area contributed by atoms with Crippen molar-refractivity contribution < 1.29 is 9.15 Å². The van der Waals surface area contributed by atoms with E-state index in [0.29, 0.717) is 27.5 Å². The predicted octanol–water partition coefficient (Wildman–Crippen LogP) is 5.66. The number of rotatable bonds is 7. The molecule has 3 heterocycles. The zero-order chi connectivity index (χ0) is 21.1. The molecule has 5 nitrogen and oxygen atoms in total. The van der Waals surface area contributed by atoms with E-state index in [1.165, 1.54) is 0 Å². The van der Waals surface area contributed by atoms with Crippen LogP contribution in [0, 0.1) is 0 Å². The molecule has 3 aromatic rings. The SMILES string of the molecule is COCCCN1C(=S)NC(c2ccccn2)C1c1ccc(-c2ccc(Cl)cc2Cl)o1. The number of hydrogen-bond acceptors (Lipinski definition) is 4. The van der Waals surface area contributed by atoms with Crippen LogP contribution in [-0.4, -0.2) is 35.3 Å². The van der Waals surface area contributed by atoms with Gasteiger partial charge in [-0.2, -0.15) is 0 Å². The molecule has 2 aromatic heterocycles. The summed E-state index contributed by atoms with van der Waals surface area (Å²) in [5, 5.41) is 5.22. The second kappa shape index (κ2) is 9.35. The molecule has 8 heteroatoms. The van der Waals surface area contributed by atoms with Crippen molar-refractivity contribution >= 4 is 40.5 Å². The molecule has 1 N–H and O–H groups in total. The Morgan fingerprint density at radius 3 is 2.80 bits per heavy atom. The molecule has 1 aromatic carbocycles. The van der Waals surface area contributed by atoms with E-state index in [4.69, 9.17) is 44.6 Å². The van der Waals surface area contributed by atoms with Crippen molar-refractivity contribution in [3.8, 4) is 11.3 Å². The molecule has 1 saturated heterocycles. The number of methoxy groups -OCH3 is 1. The first-order chi connectivity index (χ1) is 14.6. The van der Waals surface area contributed by atoms with Crippen molar-refractivity contribution in [2.24, 2.45) is 0 Å². The fourth-order valence-corrected chi connectivity index (χ4v) is 4.51. The number of ether oxygens (including phenoxy) is 1. The zero-order valence-corrected chi connectivity index (χ0v) is 18.7. The summed E-state index contributed by atoms with van der Waals surface area (Å²) in [5.74, 6) is 1.47. The monoisotopic (exact) mass is 461 g/mol. The Morgan fingerprint density at radius 2 is 2.07 bits per heavy atom. The van der Waals surface area contributed by atoms with Gasteiger partial charge in [-0.25, -0.2) is 0 Å². The number of halogens is 2. The fourth-order valence-electron chi connectivity index (χ4n) is 3.68. The van der Waals surface area contributed by atoms with E-state index in [0.717, 1.165) is 30.0 Å². The minimum absolute atomic E-state index is 0.124. The van der Waals surface area contributed by atoms with Gasteiger partial charge in [0.15, 0.2) is 5.11 Å². The van der Waals surface area contributed by atoms with E-state index < -0.39 is 0 Å². The number of nitrogens with one attached hydrogen (secondary N) is 1. The summed E-state index contributed by atoms with van der Waals surface area (Å²) in [6, 6.07) is 14.9. The summed E-state index contributed by atoms with van der Waals surface area (Å²) < 4.78 is 11.5. The molecule has 0 radical (unpaired) electrons. The van der Waals surface area contributed by atoms with Crippen LogP contribution in [0.1, 0.15) is 30.0 Å². The molecule has 2 unspecified atom stereocenters. The highest BCUT2D eigenvalue weighted by atomic mass is 35.5. The second-order valence-corrected chi connectivity index (χ2v) is 8.22. The molecule has 1 aliphatic rings. The topological polar surface area (TPSA) is 50.5 Å². The van der Waals surface area contributed by atoms with Crippen LogP contribution in [0.4, 0.5) is 0 Å². The van der Waals surface area contributed by atoms with Gasteiger partial charge in [0.2, 0.25) is 0 Å². The van der Waals surface area contributed by atoms with Crippen molar-refractivity contribution in [3.05, 3.63) is 76.2 Å². The maximum Gasteiger partial charge on any atom is 0.170 e. The maximum absolute atomic E-state index is 6.38. The van der Waals surface area contributed by atoms with Crippen LogP contribution in [0.15, 0.2) is 59.1 Å². The molecule has 0 amide bonds. The van der Waals surface area contributed by atoms with Gasteiger partial charge >= 0.3 is 0 Å². The van der Waals surface area contributed by atoms with Gasteiger partial charge in [0.1, 0.15) is 17.6 Å². The smallest absolute Gasteiger partial charge is 0.170 e. The number of nitrogens with zero attached hydrogens (tertiary/aromatic N) is 2. The van der Waals surface area contributed by atoms with Crippen LogP contribution in [-0.2, 0) is 4.74 Å². The Bertz CT molecular complexity index is 1030. The number of hydrogen-bond donors (Lipinski definition) is 1. The van der Waals surface area contributed by atoms with Crippen LogP contribution >= 0.6 is 35.4 Å². The number of pyridine rings is 1. The molecular formula is C22H21Cl2N3O2S. The van der Waals surface area contributed by atoms with Crippen LogP contribution in [0.2, 0.25) is 10.0 Å². The van der Waals surface area contributed by atoms with Gasteiger partial charge in [0, 0.05) is 37.0 Å². The highest BCUT2D eigenvalue weighted by Crippen LogP contribution is 2.41. The van der Waals surface area contributed by atoms with Gasteiger partial charge in [-0.15, -0.1) is 0 Å². The third-order valence-corrected chi connectivity index (χ3v) is 5.96. The highest BCUT2D eigenvalue weighted by molar-refractivity contribution is 7.80. The third kappa shape index (κ3) is 4.32. The summed E-state index contributed by atoms with van der Waals surface area (Å²) in [6.07, 6.45) is 2.63. The Kier molecular flexibility index (Phi) is 6.58. The standard InChI is InChI=1S/C22H21Cl2N3O2S/c1-28-12-4-11-27-21(20(26-22(27)30)17-5-2-3-10-25-17)19-9-8-18(29-19)15-7-6-14(23)13-16(15)24/h2-3,5-10,13,20-21H,4,11-12H2,1H3,(H,26,30). The van der Waals surface area contributed by atoms with Crippen molar-refractivity contribution in [2.75, 3.05) is 20.3 Å². The number of benzene rings is 1. The van der Waals surface area contributed by atoms with Crippen molar-refractivity contribution in [1.29, 1.82) is 0 Å². The Hall–Kier alpha value is -2.12. The maximum atomic E-state index is 6.38. The number of furan rings is 1. The first kappa shape index (κ1) is 21.1. The lowest BCUT2D eigenvalue weighted by atomic mass is 10.0. The van der Waals surface area contributed by atoms with Crippen LogP contribution in [0.5, 0.6) is 0 Å². The molecule has 4 rings (SSSR count). The van der Waals surface area contributed by atoms with E-state index in [9.17, 15) is 0 Å². The van der Waals surface area contributed by atoms with Crippen molar-refractivity contribution in [2.45, 2.75) is 18.5 Å². The lowest BCUT2D eigenvalue weighted by Gasteiger charge is -2.26. The molecule has 30 heavy (non-hydrogen) atoms. The van der Waals surface area contributed by atoms with Crippen LogP contribution < -0.4 is 5.32 Å². The normalized spacial score (nSPS) is 18.6. The summed E-state index contributed by atoms with van der Waals surface area (Å²) in [6.45, 7) is 1.40. The first-order valence-electron chi connectivity index (χ1n) is 9.60. The molecule has 1 fully saturated rings. The predicted molar refractivity (Wildman–Crippen MR) is 123 cm³/mol. The summed E-state index contributed by atoms with van der Waals surface area (Å²) in [7, 11) is 1.70. The fraction of sp³-hybridized carbons (Fsp3) is 0.273. The van der Waals surface area contributed by atoms with Crippen LogP contribution in [0.25, 0.3) is 11.3 Å². The minimum Gasteiger partial charge on any atom is -0.459 e. The minimum atomic E-state index is -0.135. The van der Waals surface area contributed by atoms with E-state index in [-0.39, 0.29) is 12.1 Å². The summed E-state index contributed by atoms with van der Waals surface area (Å²) >= 11 is 18.1. The van der Waals surface area contributed by atoms with E-state index in [1.54, 1.807) is 25.4 Å². The average Bonchev–Trinajstić information content (AvgIpc) is 3.34. The molecule has 0 spiro atoms. The third-order valence-electron chi connectivity index (χ3n) is 5.06. The van der Waals surface area contributed by atoms with E-state index in [2.05, 4.69) is 15.2 Å². The Balaban J connectivity index is 1.69. The quantitative estimate of drug-likeness (QED) is 0.361. The molecule has 0 bridgehead atoms. The lowest BCUT2D eigenvalue weighted by Crippen LogP contribution is -2.31. The molecule has 0 aliphatic carbocycles. The average molecular weight is 462 g/mol. The van der Waals surface area contributed by atoms with Gasteiger partial charge in [-0.3, -0.25) is 4.98 Å². The lowest BCUT2D eigenvalue weighted by molar-refractivity contribution is 0.177. The van der Waals surface area contributed by atoms with Gasteiger partial charge in [0.25, 0.3) is 0 Å². The van der Waals surface area contributed by atoms with Crippen LogP contribution in [0.3, 0.4) is 0 Å². The molecule has 0 saturated carbocycles. The second-order valence-electron chi connectivity index (χ2n) is 6.99. The molecular weight excluding hydrogens is 441 g/mol. The van der Waals surface area contributed by atoms with Crippen molar-refractivity contribution in [1.82, 2.24) is 15.2 Å². The summed E-state index contributed by atoms with van der Waals surface area (Å²) in [5.41, 5.74) is 1.70. The number of aromatic nitrogens is 1. The largest absolute Gasteiger partial charge is 0.459 e. The highest BCUT2D eigenvalue weighted by Gasteiger charge is 2.41. The first-order valence-corrected chi connectivity index (χ1v) is 10.8. The van der Waals surface area contributed by atoms with Gasteiger partial charge < -0.3 is 19.4 Å². The zero-order valence-electron chi connectivity index (χ0n) is 16.3. The van der Waals surface area contributed by atoms with Gasteiger partial charge in [0.05, 0.1) is 16.8 Å². The van der Waals surface area contributed by atoms with E-state index in [1.807, 2.05) is 36.4 Å². The Labute approximate surface area is 190 Å². The molecule has 156 valence electrons. The Morgan fingerprint density at radius 1 is 1.20 bits per heavy atom. The molecule has 1 aliphatic heterocycles. The van der Waals surface area contributed by atoms with E-state index >= 15 is 0 Å². The van der Waals surface area contributed by atoms with Crippen molar-refractivity contribution in [3.63, 3.8) is 0 Å². The number of thiocarbonyl (C=S) groups is 1.